The lowest BCUT2D eigenvalue weighted by Gasteiger charge is -2.00. The lowest BCUT2D eigenvalue weighted by atomic mass is 10.2. The first-order valence-electron chi connectivity index (χ1n) is 4.15. The van der Waals surface area contributed by atoms with Crippen LogP contribution in [0.1, 0.15) is 5.82 Å². The molecule has 0 saturated heterocycles. The minimum absolute atomic E-state index is 0.487. The van der Waals surface area contributed by atoms with Gasteiger partial charge in [-0.05, 0) is 47.7 Å². The van der Waals surface area contributed by atoms with E-state index in [-0.39, 0.29) is 0 Å². The summed E-state index contributed by atoms with van der Waals surface area (Å²) in [5.74, 6) is 1.04. The summed E-state index contributed by atoms with van der Waals surface area (Å²) in [7, 11) is 0. The highest BCUT2D eigenvalue weighted by atomic mass is 127. The van der Waals surface area contributed by atoms with E-state index in [0.29, 0.717) is 16.7 Å². The van der Waals surface area contributed by atoms with Crippen LogP contribution in [0, 0.1) is 10.5 Å². The van der Waals surface area contributed by atoms with Crippen LogP contribution in [-0.4, -0.2) is 20.4 Å². The van der Waals surface area contributed by atoms with Crippen LogP contribution in [0.2, 0.25) is 5.02 Å². The highest BCUT2D eigenvalue weighted by Gasteiger charge is 2.04. The van der Waals surface area contributed by atoms with Crippen LogP contribution in [0.5, 0.6) is 0 Å². The lowest BCUT2D eigenvalue weighted by molar-refractivity contribution is 0.816. The van der Waals surface area contributed by atoms with Gasteiger partial charge in [0, 0.05) is 14.2 Å². The first-order chi connectivity index (χ1) is 7.15. The molecule has 0 spiro atoms. The highest BCUT2D eigenvalue weighted by Crippen LogP contribution is 2.22. The predicted molar refractivity (Wildman–Crippen MR) is 65.5 cm³/mol. The van der Waals surface area contributed by atoms with Crippen molar-refractivity contribution in [1.82, 2.24) is 20.4 Å². The van der Waals surface area contributed by atoms with Gasteiger partial charge in [0.25, 0.3) is 0 Å². The molecule has 1 heterocycles. The fourth-order valence-corrected chi connectivity index (χ4v) is 2.17. The van der Waals surface area contributed by atoms with Crippen LogP contribution in [-0.2, 0) is 0 Å². The average molecular weight is 333 g/mol. The topological polar surface area (TPSA) is 51.6 Å². The number of hydrogen-bond donors (Lipinski definition) is 0. The number of aryl methyl sites for hydroxylation is 1. The van der Waals surface area contributed by atoms with Crippen molar-refractivity contribution in [2.75, 3.05) is 0 Å². The maximum Gasteiger partial charge on any atom is 0.203 e. The molecular formula is C9H6ClIN4. The Morgan fingerprint density at radius 2 is 1.73 bits per heavy atom. The van der Waals surface area contributed by atoms with Gasteiger partial charge in [0.05, 0.1) is 0 Å². The zero-order chi connectivity index (χ0) is 10.8. The van der Waals surface area contributed by atoms with Crippen molar-refractivity contribution in [3.8, 4) is 11.4 Å². The van der Waals surface area contributed by atoms with E-state index in [2.05, 4.69) is 43.0 Å². The Kier molecular flexibility index (Phi) is 3.11. The van der Waals surface area contributed by atoms with Gasteiger partial charge in [-0.25, -0.2) is 0 Å². The summed E-state index contributed by atoms with van der Waals surface area (Å²) in [6, 6.07) is 5.58. The molecule has 0 fully saturated rings. The minimum Gasteiger partial charge on any atom is -0.131 e. The van der Waals surface area contributed by atoms with E-state index in [4.69, 9.17) is 11.6 Å². The van der Waals surface area contributed by atoms with Crippen LogP contribution in [0.25, 0.3) is 11.4 Å². The molecule has 0 atom stereocenters. The molecule has 6 heteroatoms. The van der Waals surface area contributed by atoms with Gasteiger partial charge in [0.15, 0.2) is 5.82 Å². The summed E-state index contributed by atoms with van der Waals surface area (Å²) in [4.78, 5) is 0. The molecule has 2 rings (SSSR count). The Bertz CT molecular complexity index is 466. The van der Waals surface area contributed by atoms with Crippen LogP contribution in [0.4, 0.5) is 0 Å². The molecule has 4 nitrogen and oxygen atoms in total. The number of rotatable bonds is 1. The molecule has 0 saturated carbocycles. The van der Waals surface area contributed by atoms with Gasteiger partial charge < -0.3 is 0 Å². The molecule has 15 heavy (non-hydrogen) atoms. The maximum absolute atomic E-state index is 5.93. The Morgan fingerprint density at radius 1 is 1.07 bits per heavy atom. The molecule has 1 aromatic heterocycles. The van der Waals surface area contributed by atoms with Crippen LogP contribution in [0.3, 0.4) is 0 Å². The van der Waals surface area contributed by atoms with Crippen molar-refractivity contribution in [1.29, 1.82) is 0 Å². The second kappa shape index (κ2) is 4.36. The first-order valence-corrected chi connectivity index (χ1v) is 5.61. The van der Waals surface area contributed by atoms with E-state index in [1.807, 2.05) is 12.1 Å². The van der Waals surface area contributed by atoms with E-state index in [9.17, 15) is 0 Å². The summed E-state index contributed by atoms with van der Waals surface area (Å²) >= 11 is 8.11. The standard InChI is InChI=1S/C9H6ClIN4/c1-5-12-14-9(15-13-5)6-2-7(10)4-8(11)3-6/h2-4H,1H3. The quantitative estimate of drug-likeness (QED) is 0.753. The maximum atomic E-state index is 5.93. The smallest absolute Gasteiger partial charge is 0.131 e. The Labute approximate surface area is 105 Å². The van der Waals surface area contributed by atoms with Crippen LogP contribution < -0.4 is 0 Å². The van der Waals surface area contributed by atoms with Crippen LogP contribution in [0.15, 0.2) is 18.2 Å². The molecule has 0 aliphatic heterocycles. The Morgan fingerprint density at radius 3 is 2.33 bits per heavy atom. The monoisotopic (exact) mass is 332 g/mol. The van der Waals surface area contributed by atoms with E-state index in [0.717, 1.165) is 9.13 Å². The largest absolute Gasteiger partial charge is 0.203 e. The van der Waals surface area contributed by atoms with Gasteiger partial charge in [-0.15, -0.1) is 20.4 Å². The molecular weight excluding hydrogens is 326 g/mol. The number of nitrogens with zero attached hydrogens (tertiary/aromatic N) is 4. The molecule has 0 aliphatic carbocycles. The zero-order valence-corrected chi connectivity index (χ0v) is 10.7. The number of aromatic nitrogens is 4. The highest BCUT2D eigenvalue weighted by molar-refractivity contribution is 14.1. The summed E-state index contributed by atoms with van der Waals surface area (Å²) in [6.45, 7) is 1.74. The van der Waals surface area contributed by atoms with Gasteiger partial charge in [0.1, 0.15) is 0 Å². The molecule has 2 aromatic rings. The average Bonchev–Trinajstić information content (AvgIpc) is 2.17. The molecule has 0 bridgehead atoms. The van der Waals surface area contributed by atoms with Crippen molar-refractivity contribution in [2.45, 2.75) is 6.92 Å². The van der Waals surface area contributed by atoms with Gasteiger partial charge in [-0.2, -0.15) is 0 Å². The third-order valence-electron chi connectivity index (χ3n) is 1.70. The van der Waals surface area contributed by atoms with Gasteiger partial charge in [-0.3, -0.25) is 0 Å². The zero-order valence-electron chi connectivity index (χ0n) is 7.78. The molecule has 0 unspecified atom stereocenters. The van der Waals surface area contributed by atoms with Gasteiger partial charge in [-0.1, -0.05) is 11.6 Å². The van der Waals surface area contributed by atoms with Crippen molar-refractivity contribution in [2.24, 2.45) is 0 Å². The normalized spacial score (nSPS) is 10.3. The second-order valence-corrected chi connectivity index (χ2v) is 4.61. The number of hydrogen-bond acceptors (Lipinski definition) is 4. The van der Waals surface area contributed by atoms with Crippen molar-refractivity contribution < 1.29 is 0 Å². The first kappa shape index (κ1) is 10.7. The summed E-state index contributed by atoms with van der Waals surface area (Å²) in [6.07, 6.45) is 0. The predicted octanol–water partition coefficient (Wildman–Crippen LogP) is 2.50. The second-order valence-electron chi connectivity index (χ2n) is 2.93. The summed E-state index contributed by atoms with van der Waals surface area (Å²) < 4.78 is 1.03. The molecule has 0 N–H and O–H groups in total. The fourth-order valence-electron chi connectivity index (χ4n) is 1.08. The fraction of sp³-hybridized carbons (Fsp3) is 0.111. The summed E-state index contributed by atoms with van der Waals surface area (Å²) in [5.41, 5.74) is 0.826. The molecule has 0 amide bonds. The van der Waals surface area contributed by atoms with Crippen LogP contribution >= 0.6 is 34.2 Å². The number of halogens is 2. The third kappa shape index (κ3) is 2.60. The van der Waals surface area contributed by atoms with Gasteiger partial charge >= 0.3 is 0 Å². The molecule has 0 aliphatic rings. The third-order valence-corrected chi connectivity index (χ3v) is 2.54. The Hall–Kier alpha value is -0.820. The van der Waals surface area contributed by atoms with E-state index in [1.54, 1.807) is 13.0 Å². The SMILES string of the molecule is Cc1nnc(-c2cc(Cl)cc(I)c2)nn1. The molecule has 1 aromatic carbocycles. The lowest BCUT2D eigenvalue weighted by Crippen LogP contribution is -1.98. The number of benzene rings is 1. The Balaban J connectivity index is 2.49. The van der Waals surface area contributed by atoms with E-state index < -0.39 is 0 Å². The van der Waals surface area contributed by atoms with Crippen molar-refractivity contribution >= 4 is 34.2 Å². The van der Waals surface area contributed by atoms with E-state index in [1.165, 1.54) is 0 Å². The van der Waals surface area contributed by atoms with Gasteiger partial charge in [0.2, 0.25) is 5.82 Å². The molecule has 0 radical (unpaired) electrons. The molecule has 76 valence electrons. The van der Waals surface area contributed by atoms with Crippen molar-refractivity contribution in [3.63, 3.8) is 0 Å². The summed E-state index contributed by atoms with van der Waals surface area (Å²) in [5, 5.41) is 16.2. The minimum atomic E-state index is 0.487. The van der Waals surface area contributed by atoms with Crippen molar-refractivity contribution in [3.05, 3.63) is 32.6 Å². The van der Waals surface area contributed by atoms with E-state index >= 15 is 0 Å².